The van der Waals surface area contributed by atoms with Gasteiger partial charge in [0.15, 0.2) is 0 Å². The Morgan fingerprint density at radius 3 is 2.28 bits per heavy atom. The van der Waals surface area contributed by atoms with Gasteiger partial charge in [-0.25, -0.2) is 4.98 Å². The number of carbonyl (C=O) groups excluding carboxylic acids is 1. The van der Waals surface area contributed by atoms with E-state index >= 15 is 0 Å². The van der Waals surface area contributed by atoms with E-state index < -0.39 is 0 Å². The highest BCUT2D eigenvalue weighted by Crippen LogP contribution is 2.59. The first-order valence-electron chi connectivity index (χ1n) is 9.60. The second-order valence-corrected chi connectivity index (χ2v) is 8.58. The highest BCUT2D eigenvalue weighted by Gasteiger charge is 2.53. The predicted octanol–water partition coefficient (Wildman–Crippen LogP) is 1.71. The third kappa shape index (κ3) is 2.53. The van der Waals surface area contributed by atoms with Crippen LogP contribution < -0.4 is 5.56 Å². The van der Waals surface area contributed by atoms with E-state index in [9.17, 15) is 9.59 Å². The molecule has 4 aliphatic carbocycles. The molecule has 25 heavy (non-hydrogen) atoms. The Morgan fingerprint density at radius 1 is 1.12 bits per heavy atom. The Hall–Kier alpha value is -1.69. The molecule has 4 bridgehead atoms. The highest BCUT2D eigenvalue weighted by molar-refractivity contribution is 5.93. The molecule has 4 saturated carbocycles. The van der Waals surface area contributed by atoms with Crippen molar-refractivity contribution in [3.05, 3.63) is 27.9 Å². The summed E-state index contributed by atoms with van der Waals surface area (Å²) in [7, 11) is 0. The maximum Gasteiger partial charge on any atom is 0.263 e. The summed E-state index contributed by atoms with van der Waals surface area (Å²) in [5.74, 6) is 2.99. The molecule has 1 saturated heterocycles. The molecule has 2 heterocycles. The lowest BCUT2D eigenvalue weighted by atomic mass is 9.49. The minimum absolute atomic E-state index is 0.0501. The number of nitrogens with zero attached hydrogens (tertiary/aromatic N) is 2. The van der Waals surface area contributed by atoms with Crippen LogP contribution in [-0.2, 0) is 10.2 Å². The van der Waals surface area contributed by atoms with Crippen molar-refractivity contribution >= 4 is 5.91 Å². The Kier molecular flexibility index (Phi) is 3.52. The maximum atomic E-state index is 12.6. The number of H-pyrrole nitrogens is 1. The fourth-order valence-electron chi connectivity index (χ4n) is 6.15. The molecule has 6 rings (SSSR count). The molecule has 6 nitrogen and oxygen atoms in total. The summed E-state index contributed by atoms with van der Waals surface area (Å²) in [5.41, 5.74) is -0.0679. The van der Waals surface area contributed by atoms with Gasteiger partial charge in [0.1, 0.15) is 11.4 Å². The van der Waals surface area contributed by atoms with Crippen LogP contribution in [0.15, 0.2) is 11.0 Å². The van der Waals surface area contributed by atoms with Gasteiger partial charge in [-0.1, -0.05) is 0 Å². The summed E-state index contributed by atoms with van der Waals surface area (Å²) in [6, 6.07) is 0. The molecular formula is C19H25N3O3. The van der Waals surface area contributed by atoms with E-state index in [1.165, 1.54) is 25.5 Å². The first-order valence-corrected chi connectivity index (χ1v) is 9.60. The van der Waals surface area contributed by atoms with Crippen LogP contribution in [0.1, 0.15) is 54.7 Å². The summed E-state index contributed by atoms with van der Waals surface area (Å²) < 4.78 is 5.28. The molecule has 0 aromatic carbocycles. The van der Waals surface area contributed by atoms with Crippen LogP contribution in [0.25, 0.3) is 0 Å². The van der Waals surface area contributed by atoms with E-state index in [0.29, 0.717) is 26.3 Å². The van der Waals surface area contributed by atoms with E-state index in [0.717, 1.165) is 42.8 Å². The highest BCUT2D eigenvalue weighted by atomic mass is 16.5. The molecule has 5 fully saturated rings. The van der Waals surface area contributed by atoms with Crippen molar-refractivity contribution < 1.29 is 9.53 Å². The topological polar surface area (TPSA) is 75.3 Å². The van der Waals surface area contributed by atoms with E-state index in [1.807, 2.05) is 0 Å². The summed E-state index contributed by atoms with van der Waals surface area (Å²) >= 11 is 0. The number of hydrogen-bond donors (Lipinski definition) is 1. The van der Waals surface area contributed by atoms with Gasteiger partial charge in [0.2, 0.25) is 0 Å². The van der Waals surface area contributed by atoms with Crippen LogP contribution in [0.2, 0.25) is 0 Å². The molecule has 0 radical (unpaired) electrons. The lowest BCUT2D eigenvalue weighted by Gasteiger charge is -2.56. The summed E-state index contributed by atoms with van der Waals surface area (Å²) in [6.45, 7) is 2.13. The van der Waals surface area contributed by atoms with Crippen molar-refractivity contribution in [3.63, 3.8) is 0 Å². The average molecular weight is 343 g/mol. The quantitative estimate of drug-likeness (QED) is 0.887. The van der Waals surface area contributed by atoms with Gasteiger partial charge in [-0.05, 0) is 56.3 Å². The maximum absolute atomic E-state index is 12.6. The molecule has 1 aromatic heterocycles. The summed E-state index contributed by atoms with van der Waals surface area (Å²) in [5, 5.41) is 0. The normalized spacial score (nSPS) is 36.6. The molecule has 1 amide bonds. The number of rotatable bonds is 2. The fraction of sp³-hybridized carbons (Fsp3) is 0.737. The minimum Gasteiger partial charge on any atom is -0.378 e. The van der Waals surface area contributed by atoms with Crippen molar-refractivity contribution in [1.29, 1.82) is 0 Å². The largest absolute Gasteiger partial charge is 0.378 e. The van der Waals surface area contributed by atoms with Gasteiger partial charge < -0.3 is 14.6 Å². The van der Waals surface area contributed by atoms with Gasteiger partial charge in [0.25, 0.3) is 11.5 Å². The van der Waals surface area contributed by atoms with Crippen LogP contribution in [0.4, 0.5) is 0 Å². The summed E-state index contributed by atoms with van der Waals surface area (Å²) in [6.07, 6.45) is 9.05. The van der Waals surface area contributed by atoms with E-state index in [2.05, 4.69) is 9.97 Å². The molecule has 134 valence electrons. The van der Waals surface area contributed by atoms with Crippen molar-refractivity contribution in [3.8, 4) is 0 Å². The molecule has 1 aliphatic heterocycles. The van der Waals surface area contributed by atoms with Crippen LogP contribution in [0, 0.1) is 17.8 Å². The third-order valence-corrected chi connectivity index (χ3v) is 6.87. The van der Waals surface area contributed by atoms with Crippen LogP contribution >= 0.6 is 0 Å². The molecule has 0 unspecified atom stereocenters. The first kappa shape index (κ1) is 15.6. The zero-order chi connectivity index (χ0) is 17.0. The minimum atomic E-state index is -0.280. The van der Waals surface area contributed by atoms with Crippen molar-refractivity contribution in [2.75, 3.05) is 26.3 Å². The van der Waals surface area contributed by atoms with Crippen LogP contribution in [0.3, 0.4) is 0 Å². The summed E-state index contributed by atoms with van der Waals surface area (Å²) in [4.78, 5) is 34.5. The molecule has 5 aliphatic rings. The molecule has 0 spiro atoms. The smallest absolute Gasteiger partial charge is 0.263 e. The SMILES string of the molecule is O=C(c1cnc(C23CC4CC(CC(C4)C2)C3)[nH]c1=O)N1CCOCC1. The molecule has 0 atom stereocenters. The van der Waals surface area contributed by atoms with Crippen molar-refractivity contribution in [2.24, 2.45) is 17.8 Å². The molecule has 1 N–H and O–H groups in total. The van der Waals surface area contributed by atoms with Gasteiger partial charge in [-0.3, -0.25) is 9.59 Å². The van der Waals surface area contributed by atoms with Gasteiger partial charge in [-0.15, -0.1) is 0 Å². The number of morpholine rings is 1. The fourth-order valence-corrected chi connectivity index (χ4v) is 6.15. The standard InChI is InChI=1S/C19H25N3O3/c23-16-15(17(24)22-1-3-25-4-2-22)11-20-18(21-16)19-8-12-5-13(9-19)7-14(6-12)10-19/h11-14H,1-10H2,(H,20,21,23). The second kappa shape index (κ2) is 5.66. The van der Waals surface area contributed by atoms with E-state index in [1.54, 1.807) is 4.90 Å². The van der Waals surface area contributed by atoms with Gasteiger partial charge in [0, 0.05) is 24.7 Å². The Bertz CT molecular complexity index is 715. The number of ether oxygens (including phenoxy) is 1. The molecule has 1 aromatic rings. The van der Waals surface area contributed by atoms with E-state index in [4.69, 9.17) is 4.74 Å². The number of carbonyl (C=O) groups is 1. The number of hydrogen-bond acceptors (Lipinski definition) is 4. The predicted molar refractivity (Wildman–Crippen MR) is 91.4 cm³/mol. The number of aromatic nitrogens is 2. The van der Waals surface area contributed by atoms with Crippen molar-refractivity contribution in [1.82, 2.24) is 14.9 Å². The molecular weight excluding hydrogens is 318 g/mol. The lowest BCUT2D eigenvalue weighted by Crippen LogP contribution is -2.50. The Morgan fingerprint density at radius 2 is 1.72 bits per heavy atom. The number of nitrogens with one attached hydrogen (secondary N) is 1. The Balaban J connectivity index is 1.44. The lowest BCUT2D eigenvalue weighted by molar-refractivity contribution is -0.00956. The van der Waals surface area contributed by atoms with Gasteiger partial charge >= 0.3 is 0 Å². The van der Waals surface area contributed by atoms with Crippen molar-refractivity contribution in [2.45, 2.75) is 43.9 Å². The zero-order valence-electron chi connectivity index (χ0n) is 14.5. The van der Waals surface area contributed by atoms with Crippen LogP contribution in [-0.4, -0.2) is 47.1 Å². The third-order valence-electron chi connectivity index (χ3n) is 6.87. The van der Waals surface area contributed by atoms with Gasteiger partial charge in [0.05, 0.1) is 13.2 Å². The number of aromatic amines is 1. The Labute approximate surface area is 147 Å². The van der Waals surface area contributed by atoms with Crippen LogP contribution in [0.5, 0.6) is 0 Å². The monoisotopic (exact) mass is 343 g/mol. The van der Waals surface area contributed by atoms with E-state index in [-0.39, 0.29) is 22.4 Å². The average Bonchev–Trinajstić information content (AvgIpc) is 2.61. The van der Waals surface area contributed by atoms with Gasteiger partial charge in [-0.2, -0.15) is 0 Å². The first-order chi connectivity index (χ1) is 12.1. The molecule has 6 heteroatoms. The second-order valence-electron chi connectivity index (χ2n) is 8.58. The zero-order valence-corrected chi connectivity index (χ0v) is 14.5. The number of amides is 1.